The van der Waals surface area contributed by atoms with Gasteiger partial charge in [-0.25, -0.2) is 19.3 Å². The summed E-state index contributed by atoms with van der Waals surface area (Å²) in [7, 11) is 0. The zero-order valence-corrected chi connectivity index (χ0v) is 15.0. The van der Waals surface area contributed by atoms with E-state index >= 15 is 0 Å². The number of rotatable bonds is 3. The number of carbonyl (C=O) groups excluding carboxylic acids is 1. The number of halogens is 4. The first-order valence-electron chi connectivity index (χ1n) is 8.94. The number of alkyl halides is 3. The van der Waals surface area contributed by atoms with Gasteiger partial charge in [0.1, 0.15) is 11.7 Å². The van der Waals surface area contributed by atoms with Gasteiger partial charge in [-0.15, -0.1) is 0 Å². The number of carbonyl (C=O) groups is 1. The number of anilines is 1. The number of aromatic nitrogens is 4. The summed E-state index contributed by atoms with van der Waals surface area (Å²) in [6.07, 6.45) is 0.614. The molecule has 1 fully saturated rings. The van der Waals surface area contributed by atoms with Gasteiger partial charge in [0.25, 0.3) is 0 Å². The second-order valence-electron chi connectivity index (χ2n) is 6.69. The van der Waals surface area contributed by atoms with Gasteiger partial charge in [0, 0.05) is 29.9 Å². The normalized spacial score (nSPS) is 17.8. The van der Waals surface area contributed by atoms with Gasteiger partial charge in [-0.3, -0.25) is 4.79 Å². The zero-order chi connectivity index (χ0) is 20.6. The summed E-state index contributed by atoms with van der Waals surface area (Å²) in [5, 5.41) is 5.67. The highest BCUT2D eigenvalue weighted by Crippen LogP contribution is 2.33. The van der Waals surface area contributed by atoms with Crippen molar-refractivity contribution in [1.82, 2.24) is 25.3 Å². The van der Waals surface area contributed by atoms with Crippen LogP contribution in [0.3, 0.4) is 0 Å². The zero-order valence-electron chi connectivity index (χ0n) is 15.0. The summed E-state index contributed by atoms with van der Waals surface area (Å²) in [5.41, 5.74) is -0.452. The molecule has 0 radical (unpaired) electrons. The van der Waals surface area contributed by atoms with Crippen LogP contribution in [0.25, 0.3) is 22.4 Å². The number of amides is 1. The SMILES string of the molecule is O=C1NCCCCC1Nc1nc(-c2c[nH]c3ncc(C(F)(F)F)cc23)ncc1F. The van der Waals surface area contributed by atoms with Crippen LogP contribution in [-0.2, 0) is 11.0 Å². The highest BCUT2D eigenvalue weighted by atomic mass is 19.4. The molecule has 3 aromatic heterocycles. The van der Waals surface area contributed by atoms with Crippen molar-refractivity contribution in [3.05, 3.63) is 36.0 Å². The fourth-order valence-corrected chi connectivity index (χ4v) is 3.18. The molecule has 0 saturated carbocycles. The van der Waals surface area contributed by atoms with Gasteiger partial charge in [0.15, 0.2) is 17.5 Å². The Balaban J connectivity index is 1.71. The molecule has 0 aromatic carbocycles. The molecular formula is C18H16F4N6O. The van der Waals surface area contributed by atoms with Crippen molar-refractivity contribution in [1.29, 1.82) is 0 Å². The standard InChI is InChI=1S/C18H16F4N6O/c19-12-8-26-15(28-16(12)27-13-3-1-2-4-23-17(13)29)11-7-25-14-10(11)5-9(6-24-14)18(20,21)22/h5-8,13H,1-4H2,(H,23,29)(H,24,25)(H,26,27,28). The largest absolute Gasteiger partial charge is 0.417 e. The Labute approximate surface area is 162 Å². The van der Waals surface area contributed by atoms with E-state index in [-0.39, 0.29) is 34.1 Å². The van der Waals surface area contributed by atoms with E-state index in [1.807, 2.05) is 0 Å². The number of hydrogen-bond acceptors (Lipinski definition) is 5. The van der Waals surface area contributed by atoms with E-state index in [1.54, 1.807) is 0 Å². The minimum atomic E-state index is -4.56. The van der Waals surface area contributed by atoms with E-state index in [0.29, 0.717) is 13.0 Å². The first kappa shape index (κ1) is 19.1. The number of aromatic amines is 1. The fourth-order valence-electron chi connectivity index (χ4n) is 3.18. The van der Waals surface area contributed by atoms with E-state index in [0.717, 1.165) is 31.3 Å². The molecule has 0 bridgehead atoms. The molecule has 1 unspecified atom stereocenters. The topological polar surface area (TPSA) is 95.6 Å². The molecule has 0 aliphatic carbocycles. The molecule has 3 N–H and O–H groups in total. The van der Waals surface area contributed by atoms with Gasteiger partial charge in [-0.1, -0.05) is 0 Å². The Morgan fingerprint density at radius 1 is 1.17 bits per heavy atom. The molecule has 1 aliphatic rings. The number of pyridine rings is 1. The van der Waals surface area contributed by atoms with Gasteiger partial charge < -0.3 is 15.6 Å². The summed E-state index contributed by atoms with van der Waals surface area (Å²) < 4.78 is 53.3. The number of hydrogen-bond donors (Lipinski definition) is 3. The minimum Gasteiger partial charge on any atom is -0.356 e. The van der Waals surface area contributed by atoms with Crippen LogP contribution in [0, 0.1) is 5.82 Å². The van der Waals surface area contributed by atoms with Crippen molar-refractivity contribution < 1.29 is 22.4 Å². The van der Waals surface area contributed by atoms with E-state index in [4.69, 9.17) is 0 Å². The molecule has 4 rings (SSSR count). The van der Waals surface area contributed by atoms with Crippen LogP contribution in [0.1, 0.15) is 24.8 Å². The molecule has 1 atom stereocenters. The lowest BCUT2D eigenvalue weighted by Crippen LogP contribution is -2.38. The molecule has 3 aromatic rings. The average molecular weight is 408 g/mol. The van der Waals surface area contributed by atoms with E-state index in [9.17, 15) is 22.4 Å². The minimum absolute atomic E-state index is 0.00954. The lowest BCUT2D eigenvalue weighted by atomic mass is 10.1. The maximum atomic E-state index is 14.2. The van der Waals surface area contributed by atoms with Crippen LogP contribution in [0.15, 0.2) is 24.7 Å². The molecule has 7 nitrogen and oxygen atoms in total. The van der Waals surface area contributed by atoms with E-state index < -0.39 is 23.6 Å². The van der Waals surface area contributed by atoms with Crippen molar-refractivity contribution in [3.8, 4) is 11.4 Å². The van der Waals surface area contributed by atoms with Crippen molar-refractivity contribution in [2.45, 2.75) is 31.5 Å². The molecule has 29 heavy (non-hydrogen) atoms. The molecule has 1 saturated heterocycles. The molecular weight excluding hydrogens is 392 g/mol. The molecule has 4 heterocycles. The third-order valence-electron chi connectivity index (χ3n) is 4.69. The van der Waals surface area contributed by atoms with Crippen LogP contribution in [0.4, 0.5) is 23.4 Å². The molecule has 1 aliphatic heterocycles. The summed E-state index contributed by atoms with van der Waals surface area (Å²) >= 11 is 0. The van der Waals surface area contributed by atoms with Crippen LogP contribution in [0.2, 0.25) is 0 Å². The predicted octanol–water partition coefficient (Wildman–Crippen LogP) is 3.26. The molecule has 1 amide bonds. The van der Waals surface area contributed by atoms with Gasteiger partial charge in [0.05, 0.1) is 11.8 Å². The smallest absolute Gasteiger partial charge is 0.356 e. The van der Waals surface area contributed by atoms with E-state index in [2.05, 4.69) is 30.6 Å². The summed E-state index contributed by atoms with van der Waals surface area (Å²) in [6.45, 7) is 0.554. The van der Waals surface area contributed by atoms with Crippen molar-refractivity contribution in [2.75, 3.05) is 11.9 Å². The Bertz CT molecular complexity index is 1060. The van der Waals surface area contributed by atoms with Crippen molar-refractivity contribution >= 4 is 22.8 Å². The van der Waals surface area contributed by atoms with Crippen LogP contribution in [-0.4, -0.2) is 38.4 Å². The Morgan fingerprint density at radius 2 is 2.00 bits per heavy atom. The van der Waals surface area contributed by atoms with Gasteiger partial charge in [0.2, 0.25) is 5.91 Å². The average Bonchev–Trinajstić information content (AvgIpc) is 3.00. The first-order valence-corrected chi connectivity index (χ1v) is 8.94. The predicted molar refractivity (Wildman–Crippen MR) is 96.4 cm³/mol. The molecule has 152 valence electrons. The van der Waals surface area contributed by atoms with Crippen molar-refractivity contribution in [3.63, 3.8) is 0 Å². The Hall–Kier alpha value is -3.24. The van der Waals surface area contributed by atoms with Gasteiger partial charge in [-0.05, 0) is 25.3 Å². The third kappa shape index (κ3) is 3.84. The highest BCUT2D eigenvalue weighted by molar-refractivity contribution is 5.92. The van der Waals surface area contributed by atoms with E-state index in [1.165, 1.54) is 6.20 Å². The van der Waals surface area contributed by atoms with Crippen LogP contribution in [0.5, 0.6) is 0 Å². The van der Waals surface area contributed by atoms with Gasteiger partial charge >= 0.3 is 6.18 Å². The fraction of sp³-hybridized carbons (Fsp3) is 0.333. The maximum absolute atomic E-state index is 14.2. The second kappa shape index (κ2) is 7.30. The number of fused-ring (bicyclic) bond motifs is 1. The van der Waals surface area contributed by atoms with Gasteiger partial charge in [-0.2, -0.15) is 13.2 Å². The maximum Gasteiger partial charge on any atom is 0.417 e. The lowest BCUT2D eigenvalue weighted by molar-refractivity contribution is -0.137. The monoisotopic (exact) mass is 408 g/mol. The quantitative estimate of drug-likeness (QED) is 0.579. The van der Waals surface area contributed by atoms with Crippen LogP contribution < -0.4 is 10.6 Å². The van der Waals surface area contributed by atoms with Crippen LogP contribution >= 0.6 is 0 Å². The number of nitrogens with one attached hydrogen (secondary N) is 3. The lowest BCUT2D eigenvalue weighted by Gasteiger charge is -2.16. The van der Waals surface area contributed by atoms with Crippen molar-refractivity contribution in [2.24, 2.45) is 0 Å². The Kier molecular flexibility index (Phi) is 4.81. The summed E-state index contributed by atoms with van der Waals surface area (Å²) in [4.78, 5) is 26.6. The molecule has 11 heteroatoms. The third-order valence-corrected chi connectivity index (χ3v) is 4.69. The summed E-state index contributed by atoms with van der Waals surface area (Å²) in [5.74, 6) is -1.20. The molecule has 0 spiro atoms. The number of H-pyrrole nitrogens is 1. The first-order chi connectivity index (χ1) is 13.8. The second-order valence-corrected chi connectivity index (χ2v) is 6.69. The summed E-state index contributed by atoms with van der Waals surface area (Å²) in [6, 6.07) is 0.281. The number of nitrogens with zero attached hydrogens (tertiary/aromatic N) is 3. The highest BCUT2D eigenvalue weighted by Gasteiger charge is 2.31. The Morgan fingerprint density at radius 3 is 2.79 bits per heavy atom.